The Labute approximate surface area is 104 Å². The third-order valence-corrected chi connectivity index (χ3v) is 2.60. The van der Waals surface area contributed by atoms with Gasteiger partial charge in [-0.2, -0.15) is 5.01 Å². The highest BCUT2D eigenvalue weighted by Gasteiger charge is 2.17. The minimum atomic E-state index is -0.508. The van der Waals surface area contributed by atoms with Crippen LogP contribution < -0.4 is 21.2 Å². The van der Waals surface area contributed by atoms with E-state index >= 15 is 0 Å². The summed E-state index contributed by atoms with van der Waals surface area (Å²) in [4.78, 5) is 12.4. The molecule has 1 aromatic carbocycles. The van der Waals surface area contributed by atoms with Gasteiger partial charge in [-0.05, 0) is 18.2 Å². The molecule has 7 nitrogen and oxygen atoms in total. The number of hydrogen-bond acceptors (Lipinski definition) is 5. The van der Waals surface area contributed by atoms with Gasteiger partial charge in [0.05, 0.1) is 10.9 Å². The molecule has 1 aliphatic heterocycles. The summed E-state index contributed by atoms with van der Waals surface area (Å²) in [7, 11) is 1.61. The first-order chi connectivity index (χ1) is 8.08. The maximum absolute atomic E-state index is 11.1. The maximum Gasteiger partial charge on any atom is 0.318 e. The molecular weight excluding hydrogens is 240 g/mol. The highest BCUT2D eigenvalue weighted by atomic mass is 32.1. The zero-order valence-electron chi connectivity index (χ0n) is 9.20. The van der Waals surface area contributed by atoms with Gasteiger partial charge in [0.2, 0.25) is 0 Å². The van der Waals surface area contributed by atoms with Gasteiger partial charge in [-0.3, -0.25) is 9.00 Å². The molecule has 1 aromatic rings. The Balaban J connectivity index is 2.20. The molecule has 0 spiro atoms. The van der Waals surface area contributed by atoms with E-state index in [1.807, 2.05) is 18.2 Å². The van der Waals surface area contributed by atoms with Crippen molar-refractivity contribution in [3.05, 3.63) is 24.3 Å². The molecule has 2 amide bonds. The molecule has 1 aliphatic rings. The highest BCUT2D eigenvalue weighted by Crippen LogP contribution is 2.21. The van der Waals surface area contributed by atoms with Crippen molar-refractivity contribution in [2.45, 2.75) is 0 Å². The second kappa shape index (κ2) is 4.42. The smallest absolute Gasteiger partial charge is 0.318 e. The fraction of sp³-hybridized carbons (Fsp3) is 0.222. The molecule has 0 bridgehead atoms. The minimum absolute atomic E-state index is 0.457. The Morgan fingerprint density at radius 3 is 3.06 bits per heavy atom. The van der Waals surface area contributed by atoms with Crippen LogP contribution >= 0.6 is 0 Å². The lowest BCUT2D eigenvalue weighted by Crippen LogP contribution is -2.33. The van der Waals surface area contributed by atoms with Gasteiger partial charge in [0, 0.05) is 12.7 Å². The quantitative estimate of drug-likeness (QED) is 0.587. The van der Waals surface area contributed by atoms with Gasteiger partial charge in [-0.15, -0.1) is 0 Å². The number of hydrogen-bond donors (Lipinski definition) is 2. The molecule has 3 N–H and O–H groups in total. The number of carbonyl (C=O) groups excluding carboxylic acids is 1. The zero-order chi connectivity index (χ0) is 12.4. The largest absolute Gasteiger partial charge is 0.532 e. The number of carbonyl (C=O) groups is 1. The van der Waals surface area contributed by atoms with Crippen molar-refractivity contribution in [2.24, 2.45) is 11.0 Å². The van der Waals surface area contributed by atoms with Crippen LogP contribution in [0.3, 0.4) is 0 Å². The molecule has 8 heteroatoms. The molecule has 0 aliphatic carbocycles. The van der Waals surface area contributed by atoms with E-state index in [0.717, 1.165) is 5.69 Å². The number of nitrogens with two attached hydrogens (primary N) is 1. The monoisotopic (exact) mass is 252 g/mol. The molecule has 0 atom stereocenters. The number of rotatable bonds is 2. The average molecular weight is 252 g/mol. The molecule has 17 heavy (non-hydrogen) atoms. The molecule has 1 heterocycles. The Hall–Kier alpha value is -2.09. The molecule has 0 fully saturated rings. The van der Waals surface area contributed by atoms with E-state index in [0.29, 0.717) is 12.4 Å². The van der Waals surface area contributed by atoms with Crippen molar-refractivity contribution < 1.29 is 8.90 Å². The van der Waals surface area contributed by atoms with E-state index in [1.54, 1.807) is 18.1 Å². The van der Waals surface area contributed by atoms with Gasteiger partial charge >= 0.3 is 6.03 Å². The summed E-state index contributed by atoms with van der Waals surface area (Å²) in [6, 6.07) is 6.83. The standard InChI is InChI=1S/C9H12N6OS/c1-13(9(10)16)7-3-2-4-8(5-7)14-6-15(17)12-11-14/h2-5,11H,6H2,1H3,(H2,10,16). The summed E-state index contributed by atoms with van der Waals surface area (Å²) in [5.41, 5.74) is 9.53. The molecule has 0 saturated heterocycles. The molecule has 90 valence electrons. The number of nitrogens with one attached hydrogen (secondary N) is 1. The van der Waals surface area contributed by atoms with Crippen molar-refractivity contribution in [1.82, 2.24) is 5.53 Å². The van der Waals surface area contributed by atoms with Crippen LogP contribution in [0.4, 0.5) is 16.2 Å². The van der Waals surface area contributed by atoms with Gasteiger partial charge in [0.15, 0.2) is 6.67 Å². The summed E-state index contributed by atoms with van der Waals surface area (Å²) in [5, 5.41) is 5.58. The first-order valence-electron chi connectivity index (χ1n) is 4.89. The maximum atomic E-state index is 11.1. The summed E-state index contributed by atoms with van der Waals surface area (Å²) in [6.07, 6.45) is 0. The normalized spacial score (nSPS) is 14.2. The van der Waals surface area contributed by atoms with Crippen LogP contribution in [-0.2, 0) is 12.8 Å². The predicted molar refractivity (Wildman–Crippen MR) is 65.0 cm³/mol. The van der Waals surface area contributed by atoms with Crippen LogP contribution in [0.5, 0.6) is 0 Å². The van der Waals surface area contributed by atoms with Gasteiger partial charge in [0.1, 0.15) is 0 Å². The minimum Gasteiger partial charge on any atom is -0.532 e. The van der Waals surface area contributed by atoms with E-state index in [1.165, 1.54) is 9.00 Å². The van der Waals surface area contributed by atoms with Crippen LogP contribution in [0.15, 0.2) is 29.5 Å². The number of amides is 2. The van der Waals surface area contributed by atoms with Crippen molar-refractivity contribution in [1.29, 1.82) is 0 Å². The Kier molecular flexibility index (Phi) is 2.96. The third-order valence-electron chi connectivity index (χ3n) is 2.40. The second-order valence-corrected chi connectivity index (χ2v) is 3.96. The molecule has 0 unspecified atom stereocenters. The molecule has 0 aromatic heterocycles. The van der Waals surface area contributed by atoms with Gasteiger partial charge in [-0.25, -0.2) is 4.79 Å². The molecule has 2 rings (SSSR count). The topological polar surface area (TPSA) is 77.0 Å². The number of nitrogens with zero attached hydrogens (tertiary/aromatic N) is 4. The van der Waals surface area contributed by atoms with Crippen molar-refractivity contribution >= 4 is 30.2 Å². The fourth-order valence-corrected chi connectivity index (χ4v) is 1.58. The molecule has 0 radical (unpaired) electrons. The summed E-state index contributed by atoms with van der Waals surface area (Å²) in [5.74, 6) is 0. The second-order valence-electron chi connectivity index (χ2n) is 3.54. The lowest BCUT2D eigenvalue weighted by Gasteiger charge is -2.17. The third kappa shape index (κ3) is 2.36. The fourth-order valence-electron chi connectivity index (χ4n) is 1.42. The van der Waals surface area contributed by atoms with Crippen LogP contribution in [-0.4, -0.2) is 23.9 Å². The average Bonchev–Trinajstić information content (AvgIpc) is 2.75. The molecular formula is C9H12N6OS. The van der Waals surface area contributed by atoms with E-state index in [2.05, 4.69) is 10.8 Å². The zero-order valence-corrected chi connectivity index (χ0v) is 10.0. The first-order valence-corrected chi connectivity index (χ1v) is 5.26. The van der Waals surface area contributed by atoms with Crippen LogP contribution in [0.2, 0.25) is 0 Å². The number of benzene rings is 1. The SMILES string of the molecule is CN(C(N)=O)c1cccc(N2C[N+]([S-])=NN2)c1. The highest BCUT2D eigenvalue weighted by molar-refractivity contribution is 7.51. The number of hydrazine groups is 1. The number of primary amides is 1. The Morgan fingerprint density at radius 2 is 2.47 bits per heavy atom. The number of urea groups is 1. The summed E-state index contributed by atoms with van der Waals surface area (Å²) >= 11 is 4.88. The lowest BCUT2D eigenvalue weighted by molar-refractivity contribution is -0.407. The van der Waals surface area contributed by atoms with Gasteiger partial charge in [0.25, 0.3) is 0 Å². The first kappa shape index (κ1) is 11.4. The predicted octanol–water partition coefficient (Wildman–Crippen LogP) is 0.325. The van der Waals surface area contributed by atoms with E-state index < -0.39 is 6.03 Å². The Morgan fingerprint density at radius 1 is 1.71 bits per heavy atom. The lowest BCUT2D eigenvalue weighted by atomic mass is 10.2. The van der Waals surface area contributed by atoms with Gasteiger partial charge in [-0.1, -0.05) is 11.6 Å². The van der Waals surface area contributed by atoms with Crippen LogP contribution in [0.25, 0.3) is 0 Å². The van der Waals surface area contributed by atoms with Crippen molar-refractivity contribution in [3.8, 4) is 0 Å². The number of anilines is 2. The van der Waals surface area contributed by atoms with E-state index in [-0.39, 0.29) is 0 Å². The molecule has 0 saturated carbocycles. The van der Waals surface area contributed by atoms with Crippen molar-refractivity contribution in [3.63, 3.8) is 0 Å². The summed E-state index contributed by atoms with van der Waals surface area (Å²) in [6.45, 7) is 0.457. The Bertz CT molecular complexity index is 476. The van der Waals surface area contributed by atoms with Gasteiger partial charge < -0.3 is 18.5 Å². The van der Waals surface area contributed by atoms with Crippen LogP contribution in [0, 0.1) is 0 Å². The van der Waals surface area contributed by atoms with E-state index in [4.69, 9.17) is 18.5 Å². The van der Waals surface area contributed by atoms with Crippen molar-refractivity contribution in [2.75, 3.05) is 23.6 Å². The van der Waals surface area contributed by atoms with Crippen LogP contribution in [0.1, 0.15) is 0 Å². The van der Waals surface area contributed by atoms with E-state index in [9.17, 15) is 4.79 Å². The summed E-state index contributed by atoms with van der Waals surface area (Å²) < 4.78 is 1.35.